The number of guanidine groups is 1. The Morgan fingerprint density at radius 1 is 1.71 bits per heavy atom. The van der Waals surface area contributed by atoms with Crippen molar-refractivity contribution in [2.24, 2.45) is 16.5 Å². The van der Waals surface area contributed by atoms with Crippen LogP contribution in [0, 0.1) is 6.19 Å². The van der Waals surface area contributed by atoms with E-state index >= 15 is 0 Å². The van der Waals surface area contributed by atoms with Crippen LogP contribution >= 0.6 is 0 Å². The standard InChI is InChI=1S/C3H6N4/c1-6-2-7-3(4)5/h1H3,(H3,4,5)/p+1. The second-order valence-corrected chi connectivity index (χ2v) is 0.860. The van der Waals surface area contributed by atoms with Crippen LogP contribution in [0.15, 0.2) is 4.99 Å². The van der Waals surface area contributed by atoms with Crippen molar-refractivity contribution in [2.75, 3.05) is 7.05 Å². The zero-order valence-corrected chi connectivity index (χ0v) is 4.05. The smallest absolute Gasteiger partial charge is 0.348 e. The molecule has 38 valence electrons. The lowest BCUT2D eigenvalue weighted by Crippen LogP contribution is -2.21. The second-order valence-electron chi connectivity index (χ2n) is 0.860. The van der Waals surface area contributed by atoms with Gasteiger partial charge in [0.1, 0.15) is 0 Å². The Bertz CT molecular complexity index is 122. The fourth-order valence-electron chi connectivity index (χ4n) is 0.108. The fraction of sp³-hybridized carbons (Fsp3) is 0.333. The molecule has 0 aliphatic rings. The van der Waals surface area contributed by atoms with Crippen molar-refractivity contribution in [2.45, 2.75) is 0 Å². The summed E-state index contributed by atoms with van der Waals surface area (Å²) in [5.74, 6) is -0.0226. The first-order valence-electron chi connectivity index (χ1n) is 1.70. The number of rotatable bonds is 0. The molecule has 0 aromatic carbocycles. The highest BCUT2D eigenvalue weighted by atomic mass is 15.0. The van der Waals surface area contributed by atoms with E-state index in [2.05, 4.69) is 16.0 Å². The van der Waals surface area contributed by atoms with Crippen LogP contribution in [0.25, 0.3) is 4.85 Å². The molecule has 0 spiro atoms. The third-order valence-corrected chi connectivity index (χ3v) is 0.279. The Hall–Kier alpha value is -1.24. The van der Waals surface area contributed by atoms with E-state index in [1.54, 1.807) is 0 Å². The van der Waals surface area contributed by atoms with E-state index in [1.165, 1.54) is 7.05 Å². The minimum atomic E-state index is -0.0226. The minimum Gasteiger partial charge on any atom is -0.348 e. The van der Waals surface area contributed by atoms with Gasteiger partial charge in [-0.3, -0.25) is 0 Å². The van der Waals surface area contributed by atoms with Gasteiger partial charge in [-0.25, -0.2) is 4.85 Å². The van der Waals surface area contributed by atoms with Gasteiger partial charge in [0.15, 0.2) is 7.05 Å². The van der Waals surface area contributed by atoms with Gasteiger partial charge in [0.25, 0.3) is 0 Å². The first-order valence-corrected chi connectivity index (χ1v) is 1.70. The van der Waals surface area contributed by atoms with Gasteiger partial charge in [0, 0.05) is 0 Å². The van der Waals surface area contributed by atoms with Crippen LogP contribution in [0.4, 0.5) is 0 Å². The van der Waals surface area contributed by atoms with Gasteiger partial charge in [-0.05, 0) is 0 Å². The maximum Gasteiger partial charge on any atom is 0.426 e. The van der Waals surface area contributed by atoms with E-state index in [1.807, 2.05) is 0 Å². The van der Waals surface area contributed by atoms with Gasteiger partial charge in [0.05, 0.1) is 4.99 Å². The SMILES string of the molecule is C[N+]#CN=C(N)N. The van der Waals surface area contributed by atoms with Gasteiger partial charge in [-0.15, -0.1) is 0 Å². The molecule has 0 aliphatic heterocycles. The summed E-state index contributed by atoms with van der Waals surface area (Å²) < 4.78 is 0. The third kappa shape index (κ3) is 4.76. The summed E-state index contributed by atoms with van der Waals surface area (Å²) in [5, 5.41) is 0. The monoisotopic (exact) mass is 99.1 g/mol. The van der Waals surface area contributed by atoms with E-state index in [4.69, 9.17) is 11.5 Å². The van der Waals surface area contributed by atoms with Crippen LogP contribution in [0.2, 0.25) is 0 Å². The molecule has 7 heavy (non-hydrogen) atoms. The zero-order chi connectivity index (χ0) is 5.70. The molecule has 0 aromatic heterocycles. The molecule has 0 heterocycles. The fourth-order valence-corrected chi connectivity index (χ4v) is 0.108. The van der Waals surface area contributed by atoms with E-state index < -0.39 is 0 Å². The summed E-state index contributed by atoms with van der Waals surface area (Å²) in [6.45, 7) is 0. The topological polar surface area (TPSA) is 68.8 Å². The molecule has 0 fully saturated rings. The van der Waals surface area contributed by atoms with Crippen LogP contribution in [0.3, 0.4) is 0 Å². The summed E-state index contributed by atoms with van der Waals surface area (Å²) in [5.41, 5.74) is 9.77. The Balaban J connectivity index is 3.61. The van der Waals surface area contributed by atoms with E-state index in [0.717, 1.165) is 0 Å². The van der Waals surface area contributed by atoms with E-state index in [0.29, 0.717) is 0 Å². The average molecular weight is 99.1 g/mol. The van der Waals surface area contributed by atoms with Gasteiger partial charge < -0.3 is 11.5 Å². The molecule has 0 rings (SSSR count). The van der Waals surface area contributed by atoms with Gasteiger partial charge in [0.2, 0.25) is 0 Å². The van der Waals surface area contributed by atoms with Crippen molar-refractivity contribution in [1.82, 2.24) is 0 Å². The van der Waals surface area contributed by atoms with Crippen molar-refractivity contribution in [3.8, 4) is 6.19 Å². The molecule has 4 heteroatoms. The molecule has 0 radical (unpaired) electrons. The van der Waals surface area contributed by atoms with Crippen LogP contribution in [-0.2, 0) is 0 Å². The molecule has 0 saturated heterocycles. The molecular formula is C3H7N4+. The highest BCUT2D eigenvalue weighted by Gasteiger charge is 1.81. The van der Waals surface area contributed by atoms with Crippen LogP contribution in [0.5, 0.6) is 0 Å². The lowest BCUT2D eigenvalue weighted by Gasteiger charge is -1.65. The summed E-state index contributed by atoms with van der Waals surface area (Å²) in [7, 11) is 1.53. The Labute approximate surface area is 41.6 Å². The Morgan fingerprint density at radius 3 is 2.43 bits per heavy atom. The molecule has 0 unspecified atom stereocenters. The third-order valence-electron chi connectivity index (χ3n) is 0.279. The normalized spacial score (nSPS) is 5.86. The van der Waals surface area contributed by atoms with Crippen molar-refractivity contribution in [3.63, 3.8) is 0 Å². The molecule has 0 bridgehead atoms. The van der Waals surface area contributed by atoms with Gasteiger partial charge in [-0.2, -0.15) is 0 Å². The van der Waals surface area contributed by atoms with Crippen molar-refractivity contribution >= 4 is 5.96 Å². The summed E-state index contributed by atoms with van der Waals surface area (Å²) in [4.78, 5) is 6.68. The number of nitrogens with two attached hydrogens (primary N) is 2. The number of hydrogen-bond acceptors (Lipinski definition) is 1. The van der Waals surface area contributed by atoms with Crippen LogP contribution in [-0.4, -0.2) is 13.0 Å². The number of nitrogens with zero attached hydrogens (tertiary/aromatic N) is 2. The van der Waals surface area contributed by atoms with Gasteiger partial charge >= 0.3 is 12.2 Å². The van der Waals surface area contributed by atoms with Crippen LogP contribution in [0.1, 0.15) is 0 Å². The van der Waals surface area contributed by atoms with Crippen molar-refractivity contribution < 1.29 is 0 Å². The first kappa shape index (κ1) is 5.76. The summed E-state index contributed by atoms with van der Waals surface area (Å²) in [6, 6.07) is 0. The van der Waals surface area contributed by atoms with E-state index in [9.17, 15) is 0 Å². The van der Waals surface area contributed by atoms with Crippen LogP contribution < -0.4 is 11.5 Å². The minimum absolute atomic E-state index is 0.0226. The predicted molar refractivity (Wildman–Crippen MR) is 29.0 cm³/mol. The van der Waals surface area contributed by atoms with Gasteiger partial charge in [-0.1, -0.05) is 0 Å². The highest BCUT2D eigenvalue weighted by molar-refractivity contribution is 5.76. The Morgan fingerprint density at radius 2 is 2.29 bits per heavy atom. The van der Waals surface area contributed by atoms with Crippen molar-refractivity contribution in [3.05, 3.63) is 4.85 Å². The lowest BCUT2D eigenvalue weighted by molar-refractivity contribution is 1.47. The maximum atomic E-state index is 4.88. The Kier molecular flexibility index (Phi) is 2.44. The summed E-state index contributed by atoms with van der Waals surface area (Å²) >= 11 is 0. The summed E-state index contributed by atoms with van der Waals surface area (Å²) in [6.07, 6.45) is 2.21. The second kappa shape index (κ2) is 2.97. The number of hydrogen-bond donors (Lipinski definition) is 2. The lowest BCUT2D eigenvalue weighted by atomic mass is 11.0. The van der Waals surface area contributed by atoms with E-state index in [-0.39, 0.29) is 5.96 Å². The quantitative estimate of drug-likeness (QED) is 0.236. The zero-order valence-electron chi connectivity index (χ0n) is 4.05. The molecule has 4 N–H and O–H groups in total. The first-order chi connectivity index (χ1) is 3.27. The largest absolute Gasteiger partial charge is 0.426 e. The number of aliphatic imine (C=N–C) groups is 1. The van der Waals surface area contributed by atoms with Crippen molar-refractivity contribution in [1.29, 1.82) is 0 Å². The maximum absolute atomic E-state index is 4.88. The predicted octanol–water partition coefficient (Wildman–Crippen LogP) is -0.820. The average Bonchev–Trinajstić information content (AvgIpc) is 1.61. The molecule has 0 saturated carbocycles. The molecular weight excluding hydrogens is 92.1 g/mol. The highest BCUT2D eigenvalue weighted by Crippen LogP contribution is 1.57. The molecule has 0 aliphatic carbocycles. The molecule has 0 amide bonds. The molecule has 0 aromatic rings. The molecule has 0 atom stereocenters. The molecule has 4 nitrogen and oxygen atoms in total.